The minimum absolute atomic E-state index is 0.912. The zero-order chi connectivity index (χ0) is 35.8. The summed E-state index contributed by atoms with van der Waals surface area (Å²) in [5, 5.41) is 4.59. The Balaban J connectivity index is 1.05. The highest BCUT2D eigenvalue weighted by atomic mass is 16.3. The lowest BCUT2D eigenvalue weighted by Gasteiger charge is -2.28. The molecule has 0 atom stereocenters. The van der Waals surface area contributed by atoms with E-state index in [4.69, 9.17) is 4.42 Å². The van der Waals surface area contributed by atoms with E-state index < -0.39 is 0 Å². The number of para-hydroxylation sites is 2. The minimum Gasteiger partial charge on any atom is -0.455 e. The largest absolute Gasteiger partial charge is 0.455 e. The van der Waals surface area contributed by atoms with Gasteiger partial charge in [0, 0.05) is 38.7 Å². The van der Waals surface area contributed by atoms with Crippen LogP contribution in [0.15, 0.2) is 217 Å². The Morgan fingerprint density at radius 3 is 1.43 bits per heavy atom. The van der Waals surface area contributed by atoms with Crippen LogP contribution in [-0.2, 0) is 0 Å². The molecule has 0 radical (unpaired) electrons. The highest BCUT2D eigenvalue weighted by molar-refractivity contribution is 6.17. The monoisotopic (exact) mass is 689 g/mol. The molecule has 2 heteroatoms. The fourth-order valence-corrected chi connectivity index (χ4v) is 7.79. The van der Waals surface area contributed by atoms with Gasteiger partial charge in [-0.15, -0.1) is 0 Å². The number of hydrogen-bond donors (Lipinski definition) is 0. The van der Waals surface area contributed by atoms with Crippen LogP contribution in [0.1, 0.15) is 0 Å². The number of hydrogen-bond acceptors (Lipinski definition) is 2. The Kier molecular flexibility index (Phi) is 7.85. The summed E-state index contributed by atoms with van der Waals surface area (Å²) >= 11 is 0. The van der Waals surface area contributed by atoms with Crippen molar-refractivity contribution in [1.29, 1.82) is 0 Å². The maximum Gasteiger partial charge on any atom is 0.143 e. The SMILES string of the molecule is c1ccc(-c2ccc(-c3ccc(N(c4ccc(-c5cccc6c5oc5c7ccccc7ccc65)cc4)c4ccccc4-c4ccccc4)cc3)cc2)cc1. The smallest absolute Gasteiger partial charge is 0.143 e. The predicted molar refractivity (Wildman–Crippen MR) is 228 cm³/mol. The summed E-state index contributed by atoms with van der Waals surface area (Å²) in [5.41, 5.74) is 14.5. The Bertz CT molecular complexity index is 2890. The quantitative estimate of drug-likeness (QED) is 0.166. The van der Waals surface area contributed by atoms with E-state index in [1.54, 1.807) is 0 Å². The van der Waals surface area contributed by atoms with E-state index in [1.165, 1.54) is 38.8 Å². The standard InChI is InChI=1S/C52H35NO/c1-3-12-36(13-4-1)37-22-24-38(25-23-37)39-26-31-43(32-27-39)53(50-21-10-9-17-45(50)40-14-5-2-6-15-40)44-33-28-42(29-34-44)47-19-11-20-48-49-35-30-41-16-7-8-18-46(41)52(49)54-51(47)48/h1-35H. The molecule has 1 aromatic heterocycles. The van der Waals surface area contributed by atoms with Crippen molar-refractivity contribution in [2.24, 2.45) is 0 Å². The van der Waals surface area contributed by atoms with Crippen molar-refractivity contribution < 1.29 is 4.42 Å². The van der Waals surface area contributed by atoms with Gasteiger partial charge in [0.15, 0.2) is 0 Å². The molecule has 0 spiro atoms. The molecule has 54 heavy (non-hydrogen) atoms. The van der Waals surface area contributed by atoms with Gasteiger partial charge in [-0.05, 0) is 75.2 Å². The fraction of sp³-hybridized carbons (Fsp3) is 0. The molecule has 0 bridgehead atoms. The van der Waals surface area contributed by atoms with Crippen LogP contribution in [0.4, 0.5) is 17.1 Å². The van der Waals surface area contributed by atoms with Crippen LogP contribution in [-0.4, -0.2) is 0 Å². The van der Waals surface area contributed by atoms with Crippen molar-refractivity contribution in [1.82, 2.24) is 0 Å². The molecule has 0 N–H and O–H groups in total. The van der Waals surface area contributed by atoms with Gasteiger partial charge in [-0.2, -0.15) is 0 Å². The van der Waals surface area contributed by atoms with Crippen molar-refractivity contribution in [2.75, 3.05) is 4.90 Å². The van der Waals surface area contributed by atoms with Gasteiger partial charge in [-0.3, -0.25) is 0 Å². The van der Waals surface area contributed by atoms with Crippen LogP contribution in [0, 0.1) is 0 Å². The van der Waals surface area contributed by atoms with Gasteiger partial charge in [0.1, 0.15) is 11.2 Å². The van der Waals surface area contributed by atoms with E-state index >= 15 is 0 Å². The first-order valence-electron chi connectivity index (χ1n) is 18.4. The second-order valence-electron chi connectivity index (χ2n) is 13.7. The number of benzene rings is 9. The van der Waals surface area contributed by atoms with Gasteiger partial charge in [0.05, 0.1) is 5.69 Å². The van der Waals surface area contributed by atoms with Gasteiger partial charge in [-0.1, -0.05) is 176 Å². The molecule has 0 unspecified atom stereocenters. The first-order valence-corrected chi connectivity index (χ1v) is 18.4. The highest BCUT2D eigenvalue weighted by Gasteiger charge is 2.19. The van der Waals surface area contributed by atoms with Crippen molar-refractivity contribution in [3.63, 3.8) is 0 Å². The van der Waals surface area contributed by atoms with E-state index in [2.05, 4.69) is 217 Å². The molecule has 10 aromatic rings. The van der Waals surface area contributed by atoms with E-state index in [0.29, 0.717) is 0 Å². The van der Waals surface area contributed by atoms with Crippen molar-refractivity contribution in [2.45, 2.75) is 0 Å². The highest BCUT2D eigenvalue weighted by Crippen LogP contribution is 2.43. The van der Waals surface area contributed by atoms with Crippen LogP contribution in [0.2, 0.25) is 0 Å². The van der Waals surface area contributed by atoms with Crippen molar-refractivity contribution in [3.8, 4) is 44.5 Å². The van der Waals surface area contributed by atoms with E-state index in [-0.39, 0.29) is 0 Å². The van der Waals surface area contributed by atoms with Crippen molar-refractivity contribution in [3.05, 3.63) is 212 Å². The Hall–Kier alpha value is -7.16. The van der Waals surface area contributed by atoms with Crippen LogP contribution >= 0.6 is 0 Å². The average Bonchev–Trinajstić information content (AvgIpc) is 3.65. The number of nitrogens with zero attached hydrogens (tertiary/aromatic N) is 1. The second kappa shape index (κ2) is 13.4. The molecule has 1 heterocycles. The number of anilines is 3. The van der Waals surface area contributed by atoms with E-state index in [9.17, 15) is 0 Å². The first kappa shape index (κ1) is 31.6. The molecule has 254 valence electrons. The maximum atomic E-state index is 6.70. The van der Waals surface area contributed by atoms with Crippen LogP contribution in [0.3, 0.4) is 0 Å². The molecule has 0 aliphatic heterocycles. The molecule has 9 aromatic carbocycles. The zero-order valence-electron chi connectivity index (χ0n) is 29.6. The lowest BCUT2D eigenvalue weighted by molar-refractivity contribution is 0.674. The van der Waals surface area contributed by atoms with Gasteiger partial charge >= 0.3 is 0 Å². The molecule has 10 rings (SSSR count). The third-order valence-corrected chi connectivity index (χ3v) is 10.5. The summed E-state index contributed by atoms with van der Waals surface area (Å²) < 4.78 is 6.70. The molecule has 2 nitrogen and oxygen atoms in total. The topological polar surface area (TPSA) is 16.4 Å². The normalized spacial score (nSPS) is 11.3. The maximum absolute atomic E-state index is 6.70. The molecule has 0 fully saturated rings. The molecule has 0 aliphatic rings. The Morgan fingerprint density at radius 2 is 0.741 bits per heavy atom. The third kappa shape index (κ3) is 5.62. The molecule has 0 aliphatic carbocycles. The zero-order valence-corrected chi connectivity index (χ0v) is 29.6. The van der Waals surface area contributed by atoms with Gasteiger partial charge < -0.3 is 9.32 Å². The van der Waals surface area contributed by atoms with E-state index in [0.717, 1.165) is 55.5 Å². The predicted octanol–water partition coefficient (Wildman–Crippen LogP) is 14.9. The van der Waals surface area contributed by atoms with Gasteiger partial charge in [-0.25, -0.2) is 0 Å². The van der Waals surface area contributed by atoms with Gasteiger partial charge in [0.25, 0.3) is 0 Å². The molecule has 0 saturated carbocycles. The Labute approximate surface area is 314 Å². The molecular formula is C52H35NO. The lowest BCUT2D eigenvalue weighted by Crippen LogP contribution is -2.11. The molecular weight excluding hydrogens is 655 g/mol. The summed E-state index contributed by atoms with van der Waals surface area (Å²) in [7, 11) is 0. The minimum atomic E-state index is 0.912. The number of rotatable bonds is 7. The molecule has 0 saturated heterocycles. The summed E-state index contributed by atoms with van der Waals surface area (Å²) in [6.07, 6.45) is 0. The second-order valence-corrected chi connectivity index (χ2v) is 13.7. The van der Waals surface area contributed by atoms with Crippen LogP contribution < -0.4 is 4.90 Å². The average molecular weight is 690 g/mol. The lowest BCUT2D eigenvalue weighted by atomic mass is 9.99. The van der Waals surface area contributed by atoms with E-state index in [1.807, 2.05) is 0 Å². The molecule has 0 amide bonds. The summed E-state index contributed by atoms with van der Waals surface area (Å²) in [6, 6.07) is 75.7. The van der Waals surface area contributed by atoms with Crippen molar-refractivity contribution >= 4 is 49.8 Å². The summed E-state index contributed by atoms with van der Waals surface area (Å²) in [5.74, 6) is 0. The summed E-state index contributed by atoms with van der Waals surface area (Å²) in [6.45, 7) is 0. The van der Waals surface area contributed by atoms with Gasteiger partial charge in [0.2, 0.25) is 0 Å². The fourth-order valence-electron chi connectivity index (χ4n) is 7.79. The number of furan rings is 1. The summed E-state index contributed by atoms with van der Waals surface area (Å²) in [4.78, 5) is 2.36. The Morgan fingerprint density at radius 1 is 0.278 bits per heavy atom. The first-order chi connectivity index (χ1) is 26.8. The van der Waals surface area contributed by atoms with Crippen LogP contribution in [0.5, 0.6) is 0 Å². The van der Waals surface area contributed by atoms with Crippen LogP contribution in [0.25, 0.3) is 77.2 Å². The number of fused-ring (bicyclic) bond motifs is 5. The third-order valence-electron chi connectivity index (χ3n) is 10.5.